The number of benzene rings is 2. The smallest absolute Gasteiger partial charge is 0.308 e. The number of hydrogen-bond acceptors (Lipinski definition) is 3. The topological polar surface area (TPSA) is 71.3 Å². The molecule has 0 saturated carbocycles. The first-order valence-electron chi connectivity index (χ1n) is 8.38. The van der Waals surface area contributed by atoms with E-state index in [2.05, 4.69) is 20.7 Å². The number of amides is 2. The predicted octanol–water partition coefficient (Wildman–Crippen LogP) is 4.10. The molecule has 0 aliphatic heterocycles. The molecule has 4 aromatic rings. The van der Waals surface area contributed by atoms with Crippen molar-refractivity contribution in [3.05, 3.63) is 90.1 Å². The quantitative estimate of drug-likeness (QED) is 0.575. The minimum atomic E-state index is -0.468. The van der Waals surface area contributed by atoms with Crippen LogP contribution in [0.15, 0.2) is 72.9 Å². The molecule has 0 aliphatic rings. The van der Waals surface area contributed by atoms with Crippen molar-refractivity contribution in [1.29, 1.82) is 0 Å². The Morgan fingerprint density at radius 2 is 1.78 bits per heavy atom. The standard InChI is InChI=1S/C20H16FN5O/c21-15-7-4-8-16(12-15)22-20(27)23-17-9-10-19-24-18(25-26(19)13-17)11-14-5-2-1-3-6-14/h1-10,12-13H,11H2,(H2,22,23,27). The third kappa shape index (κ3) is 4.09. The summed E-state index contributed by atoms with van der Waals surface area (Å²) in [5.41, 5.74) is 2.74. The van der Waals surface area contributed by atoms with Crippen LogP contribution in [0.25, 0.3) is 5.65 Å². The Balaban J connectivity index is 1.47. The molecule has 4 rings (SSSR count). The molecule has 0 atom stereocenters. The van der Waals surface area contributed by atoms with Gasteiger partial charge in [-0.25, -0.2) is 18.7 Å². The predicted molar refractivity (Wildman–Crippen MR) is 101 cm³/mol. The van der Waals surface area contributed by atoms with E-state index < -0.39 is 11.8 Å². The zero-order valence-electron chi connectivity index (χ0n) is 14.3. The fourth-order valence-electron chi connectivity index (χ4n) is 2.72. The lowest BCUT2D eigenvalue weighted by Crippen LogP contribution is -2.19. The summed E-state index contributed by atoms with van der Waals surface area (Å²) >= 11 is 0. The molecule has 2 amide bonds. The second kappa shape index (κ2) is 7.25. The molecule has 2 aromatic carbocycles. The number of urea groups is 1. The van der Waals surface area contributed by atoms with Gasteiger partial charge in [0.05, 0.1) is 11.9 Å². The average Bonchev–Trinajstić information content (AvgIpc) is 3.04. The molecule has 0 aliphatic carbocycles. The van der Waals surface area contributed by atoms with Crippen molar-refractivity contribution < 1.29 is 9.18 Å². The van der Waals surface area contributed by atoms with Crippen molar-refractivity contribution >= 4 is 23.1 Å². The van der Waals surface area contributed by atoms with Gasteiger partial charge in [0.1, 0.15) is 5.82 Å². The fraction of sp³-hybridized carbons (Fsp3) is 0.0500. The Morgan fingerprint density at radius 1 is 0.963 bits per heavy atom. The maximum Gasteiger partial charge on any atom is 0.323 e. The van der Waals surface area contributed by atoms with E-state index in [4.69, 9.17) is 0 Å². The maximum atomic E-state index is 13.2. The summed E-state index contributed by atoms with van der Waals surface area (Å²) < 4.78 is 14.8. The van der Waals surface area contributed by atoms with Crippen LogP contribution < -0.4 is 10.6 Å². The maximum absolute atomic E-state index is 13.2. The summed E-state index contributed by atoms with van der Waals surface area (Å²) in [6.07, 6.45) is 2.31. The molecular formula is C20H16FN5O. The summed E-state index contributed by atoms with van der Waals surface area (Å²) in [6, 6.07) is 18.7. The molecule has 27 heavy (non-hydrogen) atoms. The van der Waals surface area contributed by atoms with Crippen LogP contribution in [0, 0.1) is 5.82 Å². The van der Waals surface area contributed by atoms with Crippen molar-refractivity contribution in [2.45, 2.75) is 6.42 Å². The molecule has 0 fully saturated rings. The van der Waals surface area contributed by atoms with E-state index in [0.29, 0.717) is 29.3 Å². The highest BCUT2D eigenvalue weighted by Crippen LogP contribution is 2.13. The largest absolute Gasteiger partial charge is 0.323 e. The molecule has 2 aromatic heterocycles. The molecule has 0 saturated heterocycles. The SMILES string of the molecule is O=C(Nc1cccc(F)c1)Nc1ccc2nc(Cc3ccccc3)nn2c1. The van der Waals surface area contributed by atoms with Gasteiger partial charge in [-0.3, -0.25) is 0 Å². The van der Waals surface area contributed by atoms with Crippen LogP contribution in [-0.2, 0) is 6.42 Å². The molecule has 2 heterocycles. The number of pyridine rings is 1. The lowest BCUT2D eigenvalue weighted by molar-refractivity contribution is 0.262. The van der Waals surface area contributed by atoms with Crippen LogP contribution in [0.5, 0.6) is 0 Å². The van der Waals surface area contributed by atoms with E-state index in [1.165, 1.54) is 18.2 Å². The van der Waals surface area contributed by atoms with Crippen LogP contribution >= 0.6 is 0 Å². The molecule has 0 unspecified atom stereocenters. The Morgan fingerprint density at radius 3 is 2.59 bits per heavy atom. The van der Waals surface area contributed by atoms with Crippen LogP contribution in [0.2, 0.25) is 0 Å². The van der Waals surface area contributed by atoms with Gasteiger partial charge in [-0.1, -0.05) is 36.4 Å². The molecule has 7 heteroatoms. The molecular weight excluding hydrogens is 345 g/mol. The normalized spacial score (nSPS) is 10.7. The number of carbonyl (C=O) groups is 1. The Labute approximate surface area is 154 Å². The molecule has 0 radical (unpaired) electrons. The fourth-order valence-corrected chi connectivity index (χ4v) is 2.72. The highest BCUT2D eigenvalue weighted by atomic mass is 19.1. The number of aromatic nitrogens is 3. The third-order valence-electron chi connectivity index (χ3n) is 3.92. The average molecular weight is 361 g/mol. The molecule has 0 spiro atoms. The lowest BCUT2D eigenvalue weighted by Gasteiger charge is -2.07. The molecule has 2 N–H and O–H groups in total. The zero-order chi connectivity index (χ0) is 18.6. The number of carbonyl (C=O) groups excluding carboxylic acids is 1. The van der Waals surface area contributed by atoms with Gasteiger partial charge in [0.15, 0.2) is 11.5 Å². The van der Waals surface area contributed by atoms with Gasteiger partial charge < -0.3 is 10.6 Å². The molecule has 0 bridgehead atoms. The van der Waals surface area contributed by atoms with Gasteiger partial charge in [-0.15, -0.1) is 0 Å². The minimum absolute atomic E-state index is 0.375. The van der Waals surface area contributed by atoms with E-state index >= 15 is 0 Å². The van der Waals surface area contributed by atoms with Crippen molar-refractivity contribution in [1.82, 2.24) is 14.6 Å². The molecule has 134 valence electrons. The zero-order valence-corrected chi connectivity index (χ0v) is 14.3. The van der Waals surface area contributed by atoms with Crippen LogP contribution in [0.1, 0.15) is 11.4 Å². The Hall–Kier alpha value is -3.74. The van der Waals surface area contributed by atoms with E-state index in [9.17, 15) is 9.18 Å². The summed E-state index contributed by atoms with van der Waals surface area (Å²) in [5.74, 6) is 0.283. The van der Waals surface area contributed by atoms with Crippen LogP contribution in [-0.4, -0.2) is 20.6 Å². The van der Waals surface area contributed by atoms with Gasteiger partial charge in [0, 0.05) is 12.1 Å². The summed E-state index contributed by atoms with van der Waals surface area (Å²) in [5, 5.41) is 9.74. The van der Waals surface area contributed by atoms with Crippen molar-refractivity contribution in [2.24, 2.45) is 0 Å². The van der Waals surface area contributed by atoms with Crippen molar-refractivity contribution in [2.75, 3.05) is 10.6 Å². The van der Waals surface area contributed by atoms with Crippen LogP contribution in [0.4, 0.5) is 20.6 Å². The van der Waals surface area contributed by atoms with E-state index in [1.54, 1.807) is 28.9 Å². The number of anilines is 2. The highest BCUT2D eigenvalue weighted by molar-refractivity contribution is 5.99. The van der Waals surface area contributed by atoms with Crippen molar-refractivity contribution in [3.63, 3.8) is 0 Å². The van der Waals surface area contributed by atoms with E-state index in [1.807, 2.05) is 30.3 Å². The number of nitrogens with one attached hydrogen (secondary N) is 2. The number of nitrogens with zero attached hydrogens (tertiary/aromatic N) is 3. The van der Waals surface area contributed by atoms with Gasteiger partial charge >= 0.3 is 6.03 Å². The first kappa shape index (κ1) is 16.7. The second-order valence-corrected chi connectivity index (χ2v) is 6.00. The summed E-state index contributed by atoms with van der Waals surface area (Å²) in [4.78, 5) is 16.6. The van der Waals surface area contributed by atoms with Gasteiger partial charge in [-0.05, 0) is 35.9 Å². The Kier molecular flexibility index (Phi) is 4.49. The van der Waals surface area contributed by atoms with Crippen molar-refractivity contribution in [3.8, 4) is 0 Å². The minimum Gasteiger partial charge on any atom is -0.308 e. The first-order chi connectivity index (χ1) is 13.2. The number of rotatable bonds is 4. The van der Waals surface area contributed by atoms with Crippen LogP contribution in [0.3, 0.4) is 0 Å². The summed E-state index contributed by atoms with van der Waals surface area (Å²) in [6.45, 7) is 0. The van der Waals surface area contributed by atoms with E-state index in [-0.39, 0.29) is 0 Å². The van der Waals surface area contributed by atoms with Gasteiger partial charge in [-0.2, -0.15) is 5.10 Å². The third-order valence-corrected chi connectivity index (χ3v) is 3.92. The number of hydrogen-bond donors (Lipinski definition) is 2. The highest BCUT2D eigenvalue weighted by Gasteiger charge is 2.08. The second-order valence-electron chi connectivity index (χ2n) is 6.00. The van der Waals surface area contributed by atoms with Gasteiger partial charge in [0.25, 0.3) is 0 Å². The lowest BCUT2D eigenvalue weighted by atomic mass is 10.1. The number of fused-ring (bicyclic) bond motifs is 1. The number of halogens is 1. The van der Waals surface area contributed by atoms with Gasteiger partial charge in [0.2, 0.25) is 0 Å². The Bertz CT molecular complexity index is 1090. The van der Waals surface area contributed by atoms with E-state index in [0.717, 1.165) is 5.56 Å². The monoisotopic (exact) mass is 361 g/mol. The molecule has 6 nitrogen and oxygen atoms in total. The first-order valence-corrected chi connectivity index (χ1v) is 8.38. The summed E-state index contributed by atoms with van der Waals surface area (Å²) in [7, 11) is 0.